The van der Waals surface area contributed by atoms with Crippen LogP contribution in [0.5, 0.6) is 23.0 Å². The summed E-state index contributed by atoms with van der Waals surface area (Å²) in [5.74, 6) is 1.34. The second kappa shape index (κ2) is 8.57. The standard InChI is InChI=1S/C18H20N2O4/c1-23-17-7-3-5-15(21)13(17)11-19-9-10-20-12-14-16(22)6-4-8-18(14)24-2/h3-8,11-12,21-22H,9-10H2,1-2H3. The summed E-state index contributed by atoms with van der Waals surface area (Å²) in [5, 5.41) is 19.6. The van der Waals surface area contributed by atoms with Gasteiger partial charge in [0.05, 0.1) is 38.4 Å². The first kappa shape index (κ1) is 17.3. The lowest BCUT2D eigenvalue weighted by atomic mass is 10.2. The fourth-order valence-corrected chi connectivity index (χ4v) is 2.11. The highest BCUT2D eigenvalue weighted by molar-refractivity contribution is 5.88. The molecule has 126 valence electrons. The van der Waals surface area contributed by atoms with E-state index in [4.69, 9.17) is 9.47 Å². The van der Waals surface area contributed by atoms with E-state index in [2.05, 4.69) is 9.98 Å². The third-order valence-electron chi connectivity index (χ3n) is 3.33. The van der Waals surface area contributed by atoms with Crippen LogP contribution in [0.25, 0.3) is 0 Å². The molecule has 0 bridgehead atoms. The molecule has 0 fully saturated rings. The molecule has 0 saturated heterocycles. The van der Waals surface area contributed by atoms with Crippen molar-refractivity contribution in [1.82, 2.24) is 0 Å². The molecule has 0 saturated carbocycles. The molecular formula is C18H20N2O4. The topological polar surface area (TPSA) is 83.6 Å². The summed E-state index contributed by atoms with van der Waals surface area (Å²) in [7, 11) is 3.08. The van der Waals surface area contributed by atoms with E-state index in [1.807, 2.05) is 0 Å². The quantitative estimate of drug-likeness (QED) is 0.604. The van der Waals surface area contributed by atoms with Crippen molar-refractivity contribution >= 4 is 12.4 Å². The highest BCUT2D eigenvalue weighted by atomic mass is 16.5. The first-order chi connectivity index (χ1) is 11.7. The van der Waals surface area contributed by atoms with E-state index in [-0.39, 0.29) is 11.5 Å². The molecule has 6 nitrogen and oxygen atoms in total. The molecule has 2 rings (SSSR count). The highest BCUT2D eigenvalue weighted by Gasteiger charge is 2.05. The van der Waals surface area contributed by atoms with Crippen molar-refractivity contribution in [3.05, 3.63) is 47.5 Å². The van der Waals surface area contributed by atoms with Crippen molar-refractivity contribution in [2.45, 2.75) is 0 Å². The van der Waals surface area contributed by atoms with Crippen molar-refractivity contribution < 1.29 is 19.7 Å². The van der Waals surface area contributed by atoms with E-state index in [0.717, 1.165) is 0 Å². The van der Waals surface area contributed by atoms with Gasteiger partial charge in [0.25, 0.3) is 0 Å². The molecule has 2 N–H and O–H groups in total. The molecule has 0 aromatic heterocycles. The van der Waals surface area contributed by atoms with Crippen LogP contribution in [0, 0.1) is 0 Å². The summed E-state index contributed by atoms with van der Waals surface area (Å²) < 4.78 is 10.4. The van der Waals surface area contributed by atoms with E-state index < -0.39 is 0 Å². The number of benzene rings is 2. The summed E-state index contributed by atoms with van der Waals surface area (Å²) in [6.45, 7) is 0.869. The monoisotopic (exact) mass is 328 g/mol. The third kappa shape index (κ3) is 4.25. The molecule has 0 heterocycles. The number of aromatic hydroxyl groups is 2. The van der Waals surface area contributed by atoms with Crippen molar-refractivity contribution in [2.24, 2.45) is 9.98 Å². The van der Waals surface area contributed by atoms with Crippen molar-refractivity contribution in [1.29, 1.82) is 0 Å². The number of methoxy groups -OCH3 is 2. The Morgan fingerprint density at radius 2 is 1.21 bits per heavy atom. The average Bonchev–Trinajstić information content (AvgIpc) is 2.59. The number of rotatable bonds is 7. The molecule has 2 aromatic carbocycles. The zero-order chi connectivity index (χ0) is 17.4. The first-order valence-electron chi connectivity index (χ1n) is 7.39. The second-order valence-corrected chi connectivity index (χ2v) is 4.86. The smallest absolute Gasteiger partial charge is 0.131 e. The number of phenols is 2. The zero-order valence-electron chi connectivity index (χ0n) is 13.6. The lowest BCUT2D eigenvalue weighted by molar-refractivity contribution is 0.406. The van der Waals surface area contributed by atoms with Gasteiger partial charge in [0.2, 0.25) is 0 Å². The normalized spacial score (nSPS) is 11.2. The largest absolute Gasteiger partial charge is 0.507 e. The van der Waals surface area contributed by atoms with Crippen molar-refractivity contribution in [3.8, 4) is 23.0 Å². The second-order valence-electron chi connectivity index (χ2n) is 4.86. The number of nitrogens with zero attached hydrogens (tertiary/aromatic N) is 2. The van der Waals surface area contributed by atoms with Crippen molar-refractivity contribution in [3.63, 3.8) is 0 Å². The Labute approximate surface area is 140 Å². The van der Waals surface area contributed by atoms with Gasteiger partial charge in [-0.3, -0.25) is 9.98 Å². The molecule has 0 radical (unpaired) electrons. The SMILES string of the molecule is COc1cccc(O)c1C=NCCN=Cc1c(O)cccc1OC. The van der Waals surface area contributed by atoms with Gasteiger partial charge in [0.1, 0.15) is 23.0 Å². The maximum absolute atomic E-state index is 9.82. The summed E-state index contributed by atoms with van der Waals surface area (Å²) in [4.78, 5) is 8.47. The van der Waals surface area contributed by atoms with Gasteiger partial charge in [0.15, 0.2) is 0 Å². The lowest BCUT2D eigenvalue weighted by Crippen LogP contribution is -1.95. The van der Waals surface area contributed by atoms with Crippen LogP contribution < -0.4 is 9.47 Å². The van der Waals surface area contributed by atoms with E-state index in [0.29, 0.717) is 35.7 Å². The number of ether oxygens (including phenoxy) is 2. The minimum absolute atomic E-state index is 0.112. The minimum atomic E-state index is 0.112. The molecule has 0 atom stereocenters. The van der Waals surface area contributed by atoms with Crippen LogP contribution >= 0.6 is 0 Å². The maximum Gasteiger partial charge on any atom is 0.131 e. The van der Waals surface area contributed by atoms with Gasteiger partial charge in [0, 0.05) is 12.4 Å². The Morgan fingerprint density at radius 3 is 1.58 bits per heavy atom. The van der Waals surface area contributed by atoms with E-state index in [9.17, 15) is 10.2 Å². The number of hydrogen-bond donors (Lipinski definition) is 2. The average molecular weight is 328 g/mol. The maximum atomic E-state index is 9.82. The van der Waals surface area contributed by atoms with Gasteiger partial charge in [-0.15, -0.1) is 0 Å². The van der Waals surface area contributed by atoms with Crippen LogP contribution in [0.3, 0.4) is 0 Å². The van der Waals surface area contributed by atoms with Crippen LogP contribution in [0.2, 0.25) is 0 Å². The Morgan fingerprint density at radius 1 is 0.792 bits per heavy atom. The van der Waals surface area contributed by atoms with Gasteiger partial charge in [-0.05, 0) is 24.3 Å². The van der Waals surface area contributed by atoms with Crippen LogP contribution in [-0.4, -0.2) is 50.0 Å². The van der Waals surface area contributed by atoms with Gasteiger partial charge < -0.3 is 19.7 Å². The fourth-order valence-electron chi connectivity index (χ4n) is 2.11. The molecule has 2 aromatic rings. The predicted octanol–water partition coefficient (Wildman–Crippen LogP) is 2.65. The molecule has 0 aliphatic heterocycles. The van der Waals surface area contributed by atoms with Gasteiger partial charge >= 0.3 is 0 Å². The molecule has 6 heteroatoms. The van der Waals surface area contributed by atoms with Gasteiger partial charge in [-0.2, -0.15) is 0 Å². The van der Waals surface area contributed by atoms with E-state index in [1.54, 1.807) is 48.8 Å². The summed E-state index contributed by atoms with van der Waals surface area (Å²) in [6.07, 6.45) is 3.12. The zero-order valence-corrected chi connectivity index (χ0v) is 13.6. The number of phenolic OH excluding ortho intramolecular Hbond substituents is 2. The number of aliphatic imine (C=N–C) groups is 2. The minimum Gasteiger partial charge on any atom is -0.507 e. The predicted molar refractivity (Wildman–Crippen MR) is 94.2 cm³/mol. The molecular weight excluding hydrogens is 308 g/mol. The Hall–Kier alpha value is -3.02. The Kier molecular flexibility index (Phi) is 6.19. The van der Waals surface area contributed by atoms with Crippen LogP contribution in [0.4, 0.5) is 0 Å². The Balaban J connectivity index is 1.96. The summed E-state index contributed by atoms with van der Waals surface area (Å²) in [6, 6.07) is 10.1. The highest BCUT2D eigenvalue weighted by Crippen LogP contribution is 2.26. The lowest BCUT2D eigenvalue weighted by Gasteiger charge is -2.06. The molecule has 0 unspecified atom stereocenters. The van der Waals surface area contributed by atoms with Gasteiger partial charge in [-0.25, -0.2) is 0 Å². The van der Waals surface area contributed by atoms with E-state index >= 15 is 0 Å². The summed E-state index contributed by atoms with van der Waals surface area (Å²) >= 11 is 0. The third-order valence-corrected chi connectivity index (χ3v) is 3.33. The molecule has 0 spiro atoms. The molecule has 0 aliphatic rings. The van der Waals surface area contributed by atoms with Crippen LogP contribution in [0.15, 0.2) is 46.4 Å². The molecule has 24 heavy (non-hydrogen) atoms. The van der Waals surface area contributed by atoms with Crippen LogP contribution in [-0.2, 0) is 0 Å². The van der Waals surface area contributed by atoms with Crippen molar-refractivity contribution in [2.75, 3.05) is 27.3 Å². The first-order valence-corrected chi connectivity index (χ1v) is 7.39. The van der Waals surface area contributed by atoms with Crippen LogP contribution in [0.1, 0.15) is 11.1 Å². The summed E-state index contributed by atoms with van der Waals surface area (Å²) in [5.41, 5.74) is 1.07. The Bertz CT molecular complexity index is 678. The molecule has 0 amide bonds. The molecule has 0 aliphatic carbocycles. The van der Waals surface area contributed by atoms with Gasteiger partial charge in [-0.1, -0.05) is 12.1 Å². The number of hydrogen-bond acceptors (Lipinski definition) is 6. The van der Waals surface area contributed by atoms with E-state index in [1.165, 1.54) is 14.2 Å². The fraction of sp³-hybridized carbons (Fsp3) is 0.222.